The highest BCUT2D eigenvalue weighted by atomic mass is 32.2. The fourth-order valence-corrected chi connectivity index (χ4v) is 4.23. The topological polar surface area (TPSA) is 62.5 Å². The van der Waals surface area contributed by atoms with Gasteiger partial charge in [-0.2, -0.15) is 0 Å². The lowest BCUT2D eigenvalue weighted by Gasteiger charge is -2.39. The van der Waals surface area contributed by atoms with Crippen molar-refractivity contribution in [1.29, 1.82) is 0 Å². The number of fused-ring (bicyclic) bond motifs is 1. The lowest BCUT2D eigenvalue weighted by Crippen LogP contribution is -2.38. The predicted molar refractivity (Wildman–Crippen MR) is 65.8 cm³/mol. The van der Waals surface area contributed by atoms with E-state index in [9.17, 15) is 4.79 Å². The Morgan fingerprint density at radius 1 is 1.41 bits per heavy atom. The minimum absolute atomic E-state index is 0.0853. The number of thioether (sulfide) groups is 1. The van der Waals surface area contributed by atoms with Gasteiger partial charge in [0.1, 0.15) is 6.26 Å². The Kier molecular flexibility index (Phi) is 2.58. The first-order chi connectivity index (χ1) is 8.20. The summed E-state index contributed by atoms with van der Waals surface area (Å²) in [4.78, 5) is 11.9. The molecule has 3 rings (SSSR count). The standard InChI is InChI=1S/C12H15NO3S/c14-11(15)9-10-8(6-16-9)13-7-12(17-10)4-2-1-3-5-12/h6,13H,1-5,7H2,(H,14,15). The van der Waals surface area contributed by atoms with Crippen molar-refractivity contribution in [2.75, 3.05) is 11.9 Å². The van der Waals surface area contributed by atoms with Gasteiger partial charge >= 0.3 is 5.97 Å². The van der Waals surface area contributed by atoms with E-state index in [0.29, 0.717) is 0 Å². The fourth-order valence-electron chi connectivity index (χ4n) is 2.70. The van der Waals surface area contributed by atoms with Crippen LogP contribution in [0.2, 0.25) is 0 Å². The number of hydrogen-bond acceptors (Lipinski definition) is 4. The summed E-state index contributed by atoms with van der Waals surface area (Å²) < 4.78 is 5.31. The van der Waals surface area contributed by atoms with Crippen molar-refractivity contribution in [3.63, 3.8) is 0 Å². The summed E-state index contributed by atoms with van der Waals surface area (Å²) in [5.74, 6) is -0.893. The second kappa shape index (κ2) is 3.98. The summed E-state index contributed by atoms with van der Waals surface area (Å²) in [6.07, 6.45) is 7.62. The Morgan fingerprint density at radius 2 is 2.18 bits per heavy atom. The predicted octanol–water partition coefficient (Wildman–Crippen LogP) is 3.20. The molecule has 1 aliphatic carbocycles. The van der Waals surface area contributed by atoms with Gasteiger partial charge in [0, 0.05) is 11.3 Å². The number of carboxylic acid groups (broad SMARTS) is 1. The molecule has 1 spiro atoms. The van der Waals surface area contributed by atoms with Crippen molar-refractivity contribution in [3.05, 3.63) is 12.0 Å². The summed E-state index contributed by atoms with van der Waals surface area (Å²) in [6, 6.07) is 0. The number of aromatic carboxylic acids is 1. The quantitative estimate of drug-likeness (QED) is 0.804. The molecule has 2 heterocycles. The Labute approximate surface area is 104 Å². The van der Waals surface area contributed by atoms with Crippen molar-refractivity contribution in [3.8, 4) is 0 Å². The first-order valence-electron chi connectivity index (χ1n) is 5.98. The van der Waals surface area contributed by atoms with E-state index in [2.05, 4.69) is 5.32 Å². The van der Waals surface area contributed by atoms with Gasteiger partial charge in [0.05, 0.1) is 10.6 Å². The minimum Gasteiger partial charge on any atom is -0.475 e. The average Bonchev–Trinajstić information content (AvgIpc) is 2.72. The van der Waals surface area contributed by atoms with Crippen molar-refractivity contribution in [2.45, 2.75) is 41.7 Å². The Hall–Kier alpha value is -1.10. The van der Waals surface area contributed by atoms with Gasteiger partial charge in [0.2, 0.25) is 5.76 Å². The van der Waals surface area contributed by atoms with Gasteiger partial charge in [-0.3, -0.25) is 0 Å². The molecule has 5 heteroatoms. The van der Waals surface area contributed by atoms with E-state index < -0.39 is 5.97 Å². The van der Waals surface area contributed by atoms with Crippen LogP contribution in [0.3, 0.4) is 0 Å². The zero-order valence-electron chi connectivity index (χ0n) is 9.49. The molecule has 0 bridgehead atoms. The van der Waals surface area contributed by atoms with Crippen molar-refractivity contribution in [1.82, 2.24) is 0 Å². The molecule has 0 unspecified atom stereocenters. The number of rotatable bonds is 1. The molecule has 17 heavy (non-hydrogen) atoms. The highest BCUT2D eigenvalue weighted by Crippen LogP contribution is 2.50. The van der Waals surface area contributed by atoms with E-state index in [1.807, 2.05) is 0 Å². The molecule has 1 aromatic rings. The van der Waals surface area contributed by atoms with Crippen LogP contribution in [0.1, 0.15) is 42.7 Å². The lowest BCUT2D eigenvalue weighted by molar-refractivity contribution is 0.0657. The van der Waals surface area contributed by atoms with Crippen LogP contribution in [0.4, 0.5) is 5.69 Å². The molecule has 1 aliphatic heterocycles. The second-order valence-corrected chi connectivity index (χ2v) is 6.29. The van der Waals surface area contributed by atoms with Crippen LogP contribution in [-0.4, -0.2) is 22.4 Å². The molecule has 0 atom stereocenters. The average molecular weight is 253 g/mol. The van der Waals surface area contributed by atoms with Gasteiger partial charge in [-0.25, -0.2) is 4.79 Å². The molecule has 1 saturated carbocycles. The van der Waals surface area contributed by atoms with E-state index in [0.717, 1.165) is 30.0 Å². The minimum atomic E-state index is -0.978. The van der Waals surface area contributed by atoms with Crippen molar-refractivity contribution >= 4 is 23.4 Å². The number of anilines is 1. The normalized spacial score (nSPS) is 21.9. The molecule has 92 valence electrons. The van der Waals surface area contributed by atoms with Gasteiger partial charge in [-0.15, -0.1) is 11.8 Å². The molecule has 2 aliphatic rings. The molecular weight excluding hydrogens is 238 g/mol. The van der Waals surface area contributed by atoms with Crippen LogP contribution in [0.25, 0.3) is 0 Å². The number of carbonyl (C=O) groups is 1. The number of furan rings is 1. The van der Waals surface area contributed by atoms with Crippen LogP contribution in [0.5, 0.6) is 0 Å². The molecule has 2 N–H and O–H groups in total. The summed E-state index contributed by atoms with van der Waals surface area (Å²) in [6.45, 7) is 0.920. The summed E-state index contributed by atoms with van der Waals surface area (Å²) in [7, 11) is 0. The van der Waals surface area contributed by atoms with E-state index in [1.54, 1.807) is 11.8 Å². The number of carboxylic acids is 1. The van der Waals surface area contributed by atoms with E-state index >= 15 is 0 Å². The monoisotopic (exact) mass is 253 g/mol. The zero-order valence-corrected chi connectivity index (χ0v) is 10.3. The van der Waals surface area contributed by atoms with E-state index in [1.165, 1.54) is 25.5 Å². The Balaban J connectivity index is 1.92. The van der Waals surface area contributed by atoms with Gasteiger partial charge in [0.15, 0.2) is 0 Å². The number of nitrogens with one attached hydrogen (secondary N) is 1. The molecule has 0 radical (unpaired) electrons. The molecular formula is C12H15NO3S. The van der Waals surface area contributed by atoms with Gasteiger partial charge in [-0.05, 0) is 12.8 Å². The fraction of sp³-hybridized carbons (Fsp3) is 0.583. The third-order valence-electron chi connectivity index (χ3n) is 3.62. The zero-order chi connectivity index (χ0) is 11.9. The van der Waals surface area contributed by atoms with Gasteiger partial charge in [0.25, 0.3) is 0 Å². The third kappa shape index (κ3) is 1.82. The van der Waals surface area contributed by atoms with Crippen LogP contribution in [0.15, 0.2) is 15.6 Å². The van der Waals surface area contributed by atoms with Crippen LogP contribution >= 0.6 is 11.8 Å². The summed E-state index contributed by atoms with van der Waals surface area (Å²) in [5.41, 5.74) is 0.837. The Bertz CT molecular complexity index is 449. The highest BCUT2D eigenvalue weighted by Gasteiger charge is 2.39. The van der Waals surface area contributed by atoms with Crippen molar-refractivity contribution in [2.24, 2.45) is 0 Å². The maximum Gasteiger partial charge on any atom is 0.373 e. The van der Waals surface area contributed by atoms with Crippen LogP contribution < -0.4 is 5.32 Å². The largest absolute Gasteiger partial charge is 0.475 e. The maximum absolute atomic E-state index is 11.1. The van der Waals surface area contributed by atoms with Crippen LogP contribution in [-0.2, 0) is 0 Å². The molecule has 1 fully saturated rings. The highest BCUT2D eigenvalue weighted by molar-refractivity contribution is 8.01. The molecule has 1 aromatic heterocycles. The van der Waals surface area contributed by atoms with Crippen LogP contribution in [0, 0.1) is 0 Å². The summed E-state index contributed by atoms with van der Waals surface area (Å²) >= 11 is 1.70. The number of hydrogen-bond donors (Lipinski definition) is 2. The maximum atomic E-state index is 11.1. The first kappa shape index (κ1) is 11.0. The third-order valence-corrected chi connectivity index (χ3v) is 5.22. The van der Waals surface area contributed by atoms with E-state index in [-0.39, 0.29) is 10.5 Å². The summed E-state index contributed by atoms with van der Waals surface area (Å²) in [5, 5.41) is 12.4. The Morgan fingerprint density at radius 3 is 2.88 bits per heavy atom. The molecule has 0 aromatic carbocycles. The lowest BCUT2D eigenvalue weighted by atomic mass is 9.88. The SMILES string of the molecule is O=C(O)c1occ2c1SC1(CCCCC1)CN2. The van der Waals surface area contributed by atoms with Gasteiger partial charge in [-0.1, -0.05) is 19.3 Å². The smallest absolute Gasteiger partial charge is 0.373 e. The molecule has 4 nitrogen and oxygen atoms in total. The van der Waals surface area contributed by atoms with E-state index in [4.69, 9.17) is 9.52 Å². The molecule has 0 amide bonds. The van der Waals surface area contributed by atoms with Crippen molar-refractivity contribution < 1.29 is 14.3 Å². The first-order valence-corrected chi connectivity index (χ1v) is 6.80. The second-order valence-electron chi connectivity index (χ2n) is 4.81. The molecule has 0 saturated heterocycles. The van der Waals surface area contributed by atoms with Gasteiger partial charge < -0.3 is 14.8 Å².